The number of nitrogens with zero attached hydrogens (tertiary/aromatic N) is 2. The maximum atomic E-state index is 12.8. The first kappa shape index (κ1) is 22.7. The van der Waals surface area contributed by atoms with Gasteiger partial charge in [0.1, 0.15) is 5.60 Å². The van der Waals surface area contributed by atoms with E-state index in [-0.39, 0.29) is 6.09 Å². The third kappa shape index (κ3) is 4.63. The second kappa shape index (κ2) is 8.92. The number of carbonyl (C=O) groups excluding carboxylic acids is 1. The van der Waals surface area contributed by atoms with E-state index in [9.17, 15) is 4.79 Å². The zero-order chi connectivity index (χ0) is 23.2. The summed E-state index contributed by atoms with van der Waals surface area (Å²) in [5, 5.41) is 0.758. The largest absolute Gasteiger partial charge is 0.444 e. The molecule has 33 heavy (non-hydrogen) atoms. The average Bonchev–Trinajstić information content (AvgIpc) is 2.92. The van der Waals surface area contributed by atoms with E-state index in [0.717, 1.165) is 35.8 Å². The molecule has 5 rings (SSSR count). The van der Waals surface area contributed by atoms with Crippen LogP contribution in [0.5, 0.6) is 0 Å². The molecule has 0 aromatic heterocycles. The molecule has 4 nitrogen and oxygen atoms in total. The standard InChI is InChI=1S/C27H31ClN2O2S/c1-27(2,3)32-26(31)29-13-11-23-21(17-29)20-15-18(9-10-19-7-4-5-8-22(19)28)16-24-25(20)30(23)12-6-14-33-24/h4-5,7-10,15-16,21,23H,6,11-14,17H2,1-3H3/b10-9+/t21-,23-/m0/s1. The van der Waals surface area contributed by atoms with Crippen LogP contribution in [-0.4, -0.2) is 48.0 Å². The van der Waals surface area contributed by atoms with Crippen molar-refractivity contribution in [3.8, 4) is 0 Å². The SMILES string of the molecule is CC(C)(C)OC(=O)N1CC[C@H]2[C@@H](C1)c1cc(/C=C/c3ccccc3Cl)cc3c1N2CCCS3. The summed E-state index contributed by atoms with van der Waals surface area (Å²) >= 11 is 8.32. The first-order valence-corrected chi connectivity index (χ1v) is 13.1. The van der Waals surface area contributed by atoms with Crippen LogP contribution in [0.15, 0.2) is 41.3 Å². The molecule has 0 radical (unpaired) electrons. The van der Waals surface area contributed by atoms with Crippen LogP contribution >= 0.6 is 23.4 Å². The smallest absolute Gasteiger partial charge is 0.410 e. The molecule has 2 atom stereocenters. The highest BCUT2D eigenvalue weighted by Crippen LogP contribution is 2.51. The molecule has 0 saturated carbocycles. The summed E-state index contributed by atoms with van der Waals surface area (Å²) in [4.78, 5) is 18.7. The van der Waals surface area contributed by atoms with Crippen LogP contribution < -0.4 is 4.90 Å². The van der Waals surface area contributed by atoms with E-state index < -0.39 is 5.60 Å². The van der Waals surface area contributed by atoms with Gasteiger partial charge in [0, 0.05) is 41.5 Å². The Morgan fingerprint density at radius 3 is 2.79 bits per heavy atom. The molecule has 0 aliphatic carbocycles. The van der Waals surface area contributed by atoms with Gasteiger partial charge in [-0.1, -0.05) is 42.0 Å². The Bertz CT molecular complexity index is 1090. The number of hydrogen-bond acceptors (Lipinski definition) is 4. The minimum atomic E-state index is -0.477. The number of ether oxygens (including phenoxy) is 1. The number of hydrogen-bond donors (Lipinski definition) is 0. The Morgan fingerprint density at radius 1 is 1.18 bits per heavy atom. The lowest BCUT2D eigenvalue weighted by Crippen LogP contribution is -2.49. The van der Waals surface area contributed by atoms with Crippen molar-refractivity contribution in [1.82, 2.24) is 4.90 Å². The third-order valence-electron chi connectivity index (χ3n) is 6.60. The van der Waals surface area contributed by atoms with Crippen molar-refractivity contribution in [3.63, 3.8) is 0 Å². The summed E-state index contributed by atoms with van der Waals surface area (Å²) in [6, 6.07) is 13.0. The number of halogens is 1. The molecule has 1 fully saturated rings. The van der Waals surface area contributed by atoms with Gasteiger partial charge in [0.25, 0.3) is 0 Å². The lowest BCUT2D eigenvalue weighted by Gasteiger charge is -2.39. The highest BCUT2D eigenvalue weighted by Gasteiger charge is 2.45. The lowest BCUT2D eigenvalue weighted by molar-refractivity contribution is 0.0189. The Kier molecular flexibility index (Phi) is 6.13. The molecule has 6 heteroatoms. The first-order chi connectivity index (χ1) is 15.8. The Labute approximate surface area is 205 Å². The minimum Gasteiger partial charge on any atom is -0.444 e. The number of carbonyl (C=O) groups is 1. The molecular weight excluding hydrogens is 452 g/mol. The van der Waals surface area contributed by atoms with Gasteiger partial charge in [-0.15, -0.1) is 11.8 Å². The van der Waals surface area contributed by atoms with Gasteiger partial charge in [0.15, 0.2) is 0 Å². The highest BCUT2D eigenvalue weighted by molar-refractivity contribution is 7.99. The molecule has 0 unspecified atom stereocenters. The number of benzene rings is 2. The number of anilines is 1. The Balaban J connectivity index is 1.48. The van der Waals surface area contributed by atoms with E-state index in [1.165, 1.54) is 28.1 Å². The number of amides is 1. The zero-order valence-electron chi connectivity index (χ0n) is 19.5. The van der Waals surface area contributed by atoms with E-state index in [2.05, 4.69) is 29.2 Å². The lowest BCUT2D eigenvalue weighted by atomic mass is 9.88. The number of thioether (sulfide) groups is 1. The van der Waals surface area contributed by atoms with Gasteiger partial charge in [-0.2, -0.15) is 0 Å². The normalized spacial score (nSPS) is 22.2. The fourth-order valence-electron chi connectivity index (χ4n) is 5.22. The summed E-state index contributed by atoms with van der Waals surface area (Å²) in [7, 11) is 0. The monoisotopic (exact) mass is 482 g/mol. The molecule has 1 saturated heterocycles. The van der Waals surface area contributed by atoms with Crippen LogP contribution in [0, 0.1) is 0 Å². The van der Waals surface area contributed by atoms with Crippen LogP contribution in [0.4, 0.5) is 10.5 Å². The van der Waals surface area contributed by atoms with Gasteiger partial charge in [-0.05, 0) is 74.3 Å². The van der Waals surface area contributed by atoms with Crippen LogP contribution in [0.3, 0.4) is 0 Å². The second-order valence-electron chi connectivity index (χ2n) is 10.1. The summed E-state index contributed by atoms with van der Waals surface area (Å²) in [5.41, 5.74) is 4.50. The van der Waals surface area contributed by atoms with E-state index in [4.69, 9.17) is 16.3 Å². The summed E-state index contributed by atoms with van der Waals surface area (Å²) in [5.74, 6) is 1.45. The second-order valence-corrected chi connectivity index (χ2v) is 11.6. The van der Waals surface area contributed by atoms with Crippen LogP contribution in [0.1, 0.15) is 56.2 Å². The predicted molar refractivity (Wildman–Crippen MR) is 138 cm³/mol. The van der Waals surface area contributed by atoms with Crippen molar-refractivity contribution in [2.24, 2.45) is 0 Å². The fourth-order valence-corrected chi connectivity index (χ4v) is 6.50. The summed E-state index contributed by atoms with van der Waals surface area (Å²) in [6.07, 6.45) is 6.22. The van der Waals surface area contributed by atoms with E-state index >= 15 is 0 Å². The molecular formula is C27H31ClN2O2S. The molecule has 0 N–H and O–H groups in total. The molecule has 174 valence electrons. The predicted octanol–water partition coefficient (Wildman–Crippen LogP) is 6.92. The Hall–Kier alpha value is -2.11. The summed E-state index contributed by atoms with van der Waals surface area (Å²) < 4.78 is 5.69. The van der Waals surface area contributed by atoms with Gasteiger partial charge in [0.2, 0.25) is 0 Å². The number of likely N-dealkylation sites (tertiary alicyclic amines) is 1. The van der Waals surface area contributed by atoms with Crippen LogP contribution in [0.2, 0.25) is 5.02 Å². The van der Waals surface area contributed by atoms with Gasteiger partial charge < -0.3 is 14.5 Å². The minimum absolute atomic E-state index is 0.197. The molecule has 0 spiro atoms. The third-order valence-corrected chi connectivity index (χ3v) is 8.06. The maximum Gasteiger partial charge on any atom is 0.410 e. The Morgan fingerprint density at radius 2 is 2.00 bits per heavy atom. The topological polar surface area (TPSA) is 32.8 Å². The van der Waals surface area contributed by atoms with Crippen LogP contribution in [-0.2, 0) is 4.74 Å². The molecule has 3 aliphatic heterocycles. The first-order valence-electron chi connectivity index (χ1n) is 11.8. The molecule has 1 amide bonds. The fraction of sp³-hybridized carbons (Fsp3) is 0.444. The van der Waals surface area contributed by atoms with Crippen molar-refractivity contribution in [2.75, 3.05) is 30.3 Å². The summed E-state index contributed by atoms with van der Waals surface area (Å²) in [6.45, 7) is 8.34. The van der Waals surface area contributed by atoms with Gasteiger partial charge in [-0.3, -0.25) is 0 Å². The highest BCUT2D eigenvalue weighted by atomic mass is 35.5. The van der Waals surface area contributed by atoms with Gasteiger partial charge in [0.05, 0.1) is 5.69 Å². The van der Waals surface area contributed by atoms with Crippen molar-refractivity contribution >= 4 is 47.3 Å². The number of fused-ring (bicyclic) bond motifs is 3. The van der Waals surface area contributed by atoms with Crippen molar-refractivity contribution in [3.05, 3.63) is 58.1 Å². The molecule has 3 aliphatic rings. The van der Waals surface area contributed by atoms with E-state index in [1.807, 2.05) is 61.7 Å². The van der Waals surface area contributed by atoms with Crippen LogP contribution in [0.25, 0.3) is 12.2 Å². The van der Waals surface area contributed by atoms with Crippen molar-refractivity contribution < 1.29 is 9.53 Å². The van der Waals surface area contributed by atoms with Crippen molar-refractivity contribution in [2.45, 2.75) is 56.1 Å². The zero-order valence-corrected chi connectivity index (χ0v) is 21.1. The van der Waals surface area contributed by atoms with Gasteiger partial charge in [-0.25, -0.2) is 4.79 Å². The molecule has 0 bridgehead atoms. The van der Waals surface area contributed by atoms with Crippen molar-refractivity contribution in [1.29, 1.82) is 0 Å². The van der Waals surface area contributed by atoms with E-state index in [0.29, 0.717) is 18.5 Å². The number of rotatable bonds is 2. The average molecular weight is 483 g/mol. The van der Waals surface area contributed by atoms with E-state index in [1.54, 1.807) is 0 Å². The maximum absolute atomic E-state index is 12.8. The number of piperidine rings is 1. The quantitative estimate of drug-likeness (QED) is 0.435. The van der Waals surface area contributed by atoms with Gasteiger partial charge >= 0.3 is 6.09 Å². The molecule has 2 aromatic rings. The molecule has 3 heterocycles. The molecule has 2 aromatic carbocycles.